The maximum atomic E-state index is 6.58. The maximum absolute atomic E-state index is 6.58. The summed E-state index contributed by atoms with van der Waals surface area (Å²) in [6.07, 6.45) is 2.94. The zero-order valence-electron chi connectivity index (χ0n) is 38.5. The summed E-state index contributed by atoms with van der Waals surface area (Å²) in [4.78, 5) is 0. The number of methoxy groups -OCH3 is 1. The van der Waals surface area contributed by atoms with Gasteiger partial charge in [-0.3, -0.25) is 4.52 Å². The maximum Gasteiger partial charge on any atom is 0.387 e. The van der Waals surface area contributed by atoms with E-state index in [1.807, 2.05) is 6.92 Å². The number of aryl methyl sites for hydroxylation is 3. The zero-order valence-corrected chi connectivity index (χ0v) is 43.2. The van der Waals surface area contributed by atoms with Gasteiger partial charge in [-0.2, -0.15) is 13.3 Å². The van der Waals surface area contributed by atoms with Crippen LogP contribution in [0, 0.1) is 27.2 Å². The van der Waals surface area contributed by atoms with Crippen molar-refractivity contribution in [2.45, 2.75) is 152 Å². The first kappa shape index (κ1) is 48.2. The normalized spacial score (nSPS) is 13.3. The minimum atomic E-state index is -1.63. The average Bonchev–Trinajstić information content (AvgIpc) is 3.35. The van der Waals surface area contributed by atoms with Crippen molar-refractivity contribution >= 4 is 60.8 Å². The van der Waals surface area contributed by atoms with Crippen molar-refractivity contribution in [3.05, 3.63) is 93.9 Å². The molecular weight excluding hydrogens is 835 g/mol. The average molecular weight is 903 g/mol. The van der Waals surface area contributed by atoms with Crippen molar-refractivity contribution in [2.75, 3.05) is 7.11 Å². The van der Waals surface area contributed by atoms with Gasteiger partial charge in [0.2, 0.25) is 8.67 Å². The van der Waals surface area contributed by atoms with Crippen LogP contribution in [0.4, 0.5) is 0 Å². The van der Waals surface area contributed by atoms with E-state index in [4.69, 9.17) is 26.0 Å². The summed E-state index contributed by atoms with van der Waals surface area (Å²) < 4.78 is 37.5. The number of hydrogen-bond donors (Lipinski definition) is 0. The number of benzene rings is 4. The molecule has 313 valence electrons. The smallest absolute Gasteiger partial charge is 0.387 e. The first-order valence-electron chi connectivity index (χ1n) is 20.2. The van der Waals surface area contributed by atoms with Crippen LogP contribution in [-0.2, 0) is 54.4 Å². The van der Waals surface area contributed by atoms with Crippen molar-refractivity contribution in [3.63, 3.8) is 0 Å². The van der Waals surface area contributed by atoms with E-state index < -0.39 is 8.24 Å². The van der Waals surface area contributed by atoms with Gasteiger partial charge in [0.15, 0.2) is 0 Å². The molecule has 2 atom stereocenters. The van der Waals surface area contributed by atoms with E-state index in [0.717, 1.165) is 67.2 Å². The molecule has 0 fully saturated rings. The second kappa shape index (κ2) is 18.3. The van der Waals surface area contributed by atoms with Gasteiger partial charge in [0.05, 0.1) is 7.11 Å². The third-order valence-electron chi connectivity index (χ3n) is 10.3. The molecule has 6 aromatic rings. The van der Waals surface area contributed by atoms with Gasteiger partial charge in [-0.1, -0.05) is 101 Å². The predicted molar refractivity (Wildman–Crippen MR) is 246 cm³/mol. The minimum Gasteiger partial charge on any atom is -0.497 e. The van der Waals surface area contributed by atoms with Gasteiger partial charge in [-0.25, -0.2) is 0 Å². The van der Waals surface area contributed by atoms with Gasteiger partial charge in [0, 0.05) is 82.6 Å². The second-order valence-corrected chi connectivity index (χ2v) is 21.5. The fourth-order valence-electron chi connectivity index (χ4n) is 7.32. The fraction of sp³-hybridized carbons (Fsp3) is 0.490. The van der Waals surface area contributed by atoms with Crippen molar-refractivity contribution in [1.82, 2.24) is 0 Å². The van der Waals surface area contributed by atoms with Gasteiger partial charge in [-0.15, -0.1) is 0 Å². The van der Waals surface area contributed by atoms with Crippen LogP contribution in [0.1, 0.15) is 142 Å². The summed E-state index contributed by atoms with van der Waals surface area (Å²) in [5, 5.41) is 4.32. The molecule has 0 aliphatic heterocycles. The van der Waals surface area contributed by atoms with Crippen LogP contribution in [0.2, 0.25) is 0 Å². The van der Waals surface area contributed by atoms with Gasteiger partial charge in [0.25, 0.3) is 0 Å². The topological polar surface area (TPSA) is 71.0 Å². The summed E-state index contributed by atoms with van der Waals surface area (Å²) in [5.41, 5.74) is 11.8. The van der Waals surface area contributed by atoms with Crippen LogP contribution in [-0.4, -0.2) is 13.2 Å². The summed E-state index contributed by atoms with van der Waals surface area (Å²) in [6, 6.07) is 17.5. The van der Waals surface area contributed by atoms with Crippen LogP contribution >= 0.6 is 16.9 Å². The molecule has 2 heterocycles. The Hall–Kier alpha value is -2.46. The molecule has 58 heavy (non-hydrogen) atoms. The molecule has 6 nitrogen and oxygen atoms in total. The summed E-state index contributed by atoms with van der Waals surface area (Å²) >= 11 is 0. The largest absolute Gasteiger partial charge is 0.497 e. The van der Waals surface area contributed by atoms with E-state index in [2.05, 4.69) is 166 Å². The molecule has 0 bridgehead atoms. The monoisotopic (exact) mass is 902 g/mol. The van der Waals surface area contributed by atoms with E-state index in [1.54, 1.807) is 7.11 Å². The molecule has 6 rings (SSSR count). The third kappa shape index (κ3) is 10.9. The molecule has 1 radical (unpaired) electrons. The van der Waals surface area contributed by atoms with E-state index in [1.165, 1.54) is 27.8 Å². The fourth-order valence-corrected chi connectivity index (χ4v) is 9.16. The summed E-state index contributed by atoms with van der Waals surface area (Å²) in [7, 11) is 0.0469. The van der Waals surface area contributed by atoms with Crippen LogP contribution in [0.3, 0.4) is 0 Å². The van der Waals surface area contributed by atoms with Crippen LogP contribution in [0.15, 0.2) is 65.3 Å². The molecule has 4 aromatic carbocycles. The second-order valence-electron chi connectivity index (χ2n) is 19.9. The molecule has 9 heteroatoms. The minimum absolute atomic E-state index is 0. The Bertz CT molecular complexity index is 2410. The molecule has 0 saturated heterocycles. The Kier molecular flexibility index (Phi) is 15.2. The Balaban J connectivity index is 0.000000259. The number of ether oxygens (including phenoxy) is 1. The van der Waals surface area contributed by atoms with Gasteiger partial charge in [-0.05, 0) is 96.4 Å². The van der Waals surface area contributed by atoms with Crippen molar-refractivity contribution in [3.8, 4) is 5.75 Å². The molecular formula is C49H67O6P2Y-. The van der Waals surface area contributed by atoms with Crippen LogP contribution in [0.25, 0.3) is 43.9 Å². The van der Waals surface area contributed by atoms with E-state index in [9.17, 15) is 0 Å². The van der Waals surface area contributed by atoms with E-state index >= 15 is 0 Å². The summed E-state index contributed by atoms with van der Waals surface area (Å²) in [5.74, 6) is 0.808. The number of rotatable bonds is 5. The van der Waals surface area contributed by atoms with Gasteiger partial charge >= 0.3 is 8.24 Å². The summed E-state index contributed by atoms with van der Waals surface area (Å²) in [6.45, 7) is 37.1. The molecule has 0 aliphatic carbocycles. The SMILES string of the molecule is C[CH-]C[C@@H](C)Op1oc2c(C(C)(C)C)cc(C)cc2c2cc(OC)cc(C(C)(C)C)c2o1.Cc1cc(C(C)(C)C)c2o[pH]oc3c(C(C)(C)C)cc(C)cc3c2c1.[Y]. The Morgan fingerprint density at radius 1 is 0.569 bits per heavy atom. The number of fused-ring (bicyclic) bond motifs is 6. The van der Waals surface area contributed by atoms with Gasteiger partial charge in [0.1, 0.15) is 28.1 Å². The predicted octanol–water partition coefficient (Wildman–Crippen LogP) is 16.2. The molecule has 0 amide bonds. The zero-order chi connectivity index (χ0) is 42.4. The first-order valence-corrected chi connectivity index (χ1v) is 22.1. The van der Waals surface area contributed by atoms with Crippen molar-refractivity contribution in [2.24, 2.45) is 0 Å². The standard InChI is InChI=1S/C27H38O4P.C22H29O2P.Y/c1-11-12-18(3)29-32-30-24-20(13-17(2)14-22(24)26(4,5)6)21-15-19(28-10)16-23(25(21)31-32)27(7,8)9;1-13-9-15-16-10-14(2)12-18(22(6,7)8)20(16)24-25-23-19(15)17(11-13)21(3,4)5;/h11,13-16,18H,12H2,1-10H3;9-12,25H,1-8H3;/q-1;;/t18-,32?;;/m1../s1. The van der Waals surface area contributed by atoms with Gasteiger partial charge < -0.3 is 27.9 Å². The van der Waals surface area contributed by atoms with Crippen molar-refractivity contribution < 1.29 is 58.8 Å². The number of hydrogen-bond acceptors (Lipinski definition) is 6. The Morgan fingerprint density at radius 2 is 0.914 bits per heavy atom. The first-order chi connectivity index (χ1) is 26.3. The van der Waals surface area contributed by atoms with Crippen molar-refractivity contribution in [1.29, 1.82) is 0 Å². The van der Waals surface area contributed by atoms with E-state index in [-0.39, 0.29) is 69.1 Å². The van der Waals surface area contributed by atoms with E-state index in [0.29, 0.717) is 0 Å². The molecule has 0 aliphatic rings. The molecule has 0 spiro atoms. The third-order valence-corrected chi connectivity index (χ3v) is 12.0. The Labute approximate surface area is 375 Å². The molecule has 2 aromatic heterocycles. The molecule has 0 N–H and O–H groups in total. The molecule has 0 saturated carbocycles. The van der Waals surface area contributed by atoms with Crippen LogP contribution in [0.5, 0.6) is 5.75 Å². The van der Waals surface area contributed by atoms with Crippen LogP contribution < -0.4 is 9.26 Å². The quantitative estimate of drug-likeness (QED) is 0.161. The molecule has 1 unspecified atom stereocenters. The Morgan fingerprint density at radius 3 is 1.28 bits per heavy atom.